The van der Waals surface area contributed by atoms with E-state index < -0.39 is 0 Å². The number of aryl methyl sites for hydroxylation is 1. The second-order valence-electron chi connectivity index (χ2n) is 2.95. The summed E-state index contributed by atoms with van der Waals surface area (Å²) in [6, 6.07) is 6.01. The first kappa shape index (κ1) is 9.75. The molecule has 0 saturated heterocycles. The summed E-state index contributed by atoms with van der Waals surface area (Å²) in [5.74, 6) is 0. The first-order chi connectivity index (χ1) is 5.65. The van der Waals surface area contributed by atoms with Gasteiger partial charge in [-0.25, -0.2) is 0 Å². The summed E-state index contributed by atoms with van der Waals surface area (Å²) in [7, 11) is 0. The van der Waals surface area contributed by atoms with Crippen LogP contribution >= 0.6 is 15.9 Å². The largest absolute Gasteiger partial charge is 0.388 e. The molecule has 0 aromatic heterocycles. The van der Waals surface area contributed by atoms with Gasteiger partial charge in [-0.2, -0.15) is 0 Å². The van der Waals surface area contributed by atoms with Crippen LogP contribution in [0.25, 0.3) is 0 Å². The van der Waals surface area contributed by atoms with Crippen molar-refractivity contribution < 1.29 is 5.11 Å². The highest BCUT2D eigenvalue weighted by atomic mass is 79.9. The third-order valence-corrected chi connectivity index (χ3v) is 2.62. The van der Waals surface area contributed by atoms with E-state index in [0.717, 1.165) is 16.5 Å². The Labute approximate surface area is 81.6 Å². The van der Waals surface area contributed by atoms with Gasteiger partial charge in [-0.15, -0.1) is 0 Å². The third kappa shape index (κ3) is 2.08. The zero-order valence-electron chi connectivity index (χ0n) is 7.34. The summed E-state index contributed by atoms with van der Waals surface area (Å²) >= 11 is 3.41. The van der Waals surface area contributed by atoms with E-state index >= 15 is 0 Å². The molecule has 1 unspecified atom stereocenters. The molecule has 0 aliphatic carbocycles. The molecular weight excluding hydrogens is 216 g/mol. The van der Waals surface area contributed by atoms with Gasteiger partial charge < -0.3 is 5.11 Å². The summed E-state index contributed by atoms with van der Waals surface area (Å²) in [5, 5.41) is 9.60. The van der Waals surface area contributed by atoms with Crippen molar-refractivity contribution in [2.45, 2.75) is 26.4 Å². The van der Waals surface area contributed by atoms with Gasteiger partial charge in [0.1, 0.15) is 0 Å². The Kier molecular flexibility index (Phi) is 3.29. The number of benzene rings is 1. The Morgan fingerprint density at radius 3 is 2.75 bits per heavy atom. The molecule has 0 bridgehead atoms. The van der Waals surface area contributed by atoms with Crippen LogP contribution in [-0.4, -0.2) is 5.11 Å². The van der Waals surface area contributed by atoms with Gasteiger partial charge in [0, 0.05) is 4.47 Å². The Morgan fingerprint density at radius 1 is 1.50 bits per heavy atom. The highest BCUT2D eigenvalue weighted by Crippen LogP contribution is 2.26. The molecule has 66 valence electrons. The SMILES string of the molecule is CCC(O)c1cc(C)ccc1Br. The van der Waals surface area contributed by atoms with Crippen molar-refractivity contribution in [3.05, 3.63) is 33.8 Å². The van der Waals surface area contributed by atoms with Gasteiger partial charge >= 0.3 is 0 Å². The number of hydrogen-bond donors (Lipinski definition) is 1. The fraction of sp³-hybridized carbons (Fsp3) is 0.400. The van der Waals surface area contributed by atoms with Gasteiger partial charge in [-0.05, 0) is 25.0 Å². The molecule has 12 heavy (non-hydrogen) atoms. The third-order valence-electron chi connectivity index (χ3n) is 1.90. The van der Waals surface area contributed by atoms with Gasteiger partial charge in [-0.3, -0.25) is 0 Å². The molecule has 0 amide bonds. The van der Waals surface area contributed by atoms with E-state index in [1.807, 2.05) is 32.0 Å². The van der Waals surface area contributed by atoms with Gasteiger partial charge in [0.05, 0.1) is 6.10 Å². The average molecular weight is 229 g/mol. The van der Waals surface area contributed by atoms with E-state index in [-0.39, 0.29) is 6.10 Å². The summed E-state index contributed by atoms with van der Waals surface area (Å²) in [5.41, 5.74) is 2.16. The highest BCUT2D eigenvalue weighted by Gasteiger charge is 2.08. The van der Waals surface area contributed by atoms with E-state index in [9.17, 15) is 5.11 Å². The fourth-order valence-electron chi connectivity index (χ4n) is 1.14. The molecule has 0 heterocycles. The number of rotatable bonds is 2. The van der Waals surface area contributed by atoms with E-state index in [2.05, 4.69) is 15.9 Å². The molecule has 0 radical (unpaired) electrons. The average Bonchev–Trinajstić information content (AvgIpc) is 2.08. The van der Waals surface area contributed by atoms with E-state index in [1.165, 1.54) is 5.56 Å². The van der Waals surface area contributed by atoms with Crippen LogP contribution in [0.3, 0.4) is 0 Å². The molecule has 1 nitrogen and oxygen atoms in total. The fourth-order valence-corrected chi connectivity index (χ4v) is 1.65. The second-order valence-corrected chi connectivity index (χ2v) is 3.80. The predicted octanol–water partition coefficient (Wildman–Crippen LogP) is 3.20. The van der Waals surface area contributed by atoms with Gasteiger partial charge in [0.25, 0.3) is 0 Å². The van der Waals surface area contributed by atoms with E-state index in [4.69, 9.17) is 0 Å². The van der Waals surface area contributed by atoms with Crippen LogP contribution in [0.5, 0.6) is 0 Å². The Bertz CT molecular complexity index is 271. The maximum absolute atomic E-state index is 9.60. The molecule has 1 N–H and O–H groups in total. The lowest BCUT2D eigenvalue weighted by Crippen LogP contribution is -1.96. The van der Waals surface area contributed by atoms with Crippen LogP contribution in [0.4, 0.5) is 0 Å². The molecule has 1 atom stereocenters. The summed E-state index contributed by atoms with van der Waals surface area (Å²) < 4.78 is 0.988. The molecule has 1 aromatic carbocycles. The molecule has 0 fully saturated rings. The van der Waals surface area contributed by atoms with Crippen molar-refractivity contribution >= 4 is 15.9 Å². The van der Waals surface area contributed by atoms with Crippen LogP contribution in [0.15, 0.2) is 22.7 Å². The lowest BCUT2D eigenvalue weighted by atomic mass is 10.1. The molecule has 0 aliphatic heterocycles. The topological polar surface area (TPSA) is 20.2 Å². The van der Waals surface area contributed by atoms with E-state index in [0.29, 0.717) is 0 Å². The number of aliphatic hydroxyl groups is 1. The smallest absolute Gasteiger partial charge is 0.0798 e. The van der Waals surface area contributed by atoms with Crippen molar-refractivity contribution in [2.24, 2.45) is 0 Å². The van der Waals surface area contributed by atoms with Gasteiger partial charge in [0.2, 0.25) is 0 Å². The van der Waals surface area contributed by atoms with Crippen LogP contribution < -0.4 is 0 Å². The highest BCUT2D eigenvalue weighted by molar-refractivity contribution is 9.10. The van der Waals surface area contributed by atoms with Gasteiger partial charge in [-0.1, -0.05) is 40.5 Å². The standard InChI is InChI=1S/C10H13BrO/c1-3-10(12)8-6-7(2)4-5-9(8)11/h4-6,10,12H,3H2,1-2H3. The van der Waals surface area contributed by atoms with Crippen LogP contribution in [0.2, 0.25) is 0 Å². The molecule has 1 rings (SSSR count). The summed E-state index contributed by atoms with van der Waals surface area (Å²) in [6.45, 7) is 4.00. The Balaban J connectivity index is 3.04. The lowest BCUT2D eigenvalue weighted by Gasteiger charge is -2.10. The van der Waals surface area contributed by atoms with Gasteiger partial charge in [0.15, 0.2) is 0 Å². The minimum Gasteiger partial charge on any atom is -0.388 e. The molecule has 2 heteroatoms. The van der Waals surface area contributed by atoms with Crippen LogP contribution in [0.1, 0.15) is 30.6 Å². The first-order valence-corrected chi connectivity index (χ1v) is 4.88. The zero-order chi connectivity index (χ0) is 9.14. The number of hydrogen-bond acceptors (Lipinski definition) is 1. The van der Waals surface area contributed by atoms with Crippen molar-refractivity contribution in [3.63, 3.8) is 0 Å². The Morgan fingerprint density at radius 2 is 2.17 bits per heavy atom. The molecular formula is C10H13BrO. The molecule has 0 aliphatic rings. The molecule has 1 aromatic rings. The van der Waals surface area contributed by atoms with Crippen LogP contribution in [0, 0.1) is 6.92 Å². The lowest BCUT2D eigenvalue weighted by molar-refractivity contribution is 0.173. The minimum absolute atomic E-state index is 0.348. The van der Waals surface area contributed by atoms with Crippen LogP contribution in [-0.2, 0) is 0 Å². The first-order valence-electron chi connectivity index (χ1n) is 4.09. The molecule has 0 spiro atoms. The minimum atomic E-state index is -0.348. The maximum Gasteiger partial charge on any atom is 0.0798 e. The maximum atomic E-state index is 9.60. The normalized spacial score (nSPS) is 13.0. The summed E-state index contributed by atoms with van der Waals surface area (Å²) in [6.07, 6.45) is 0.404. The zero-order valence-corrected chi connectivity index (χ0v) is 8.93. The predicted molar refractivity (Wildman–Crippen MR) is 54.1 cm³/mol. The Hall–Kier alpha value is -0.340. The monoisotopic (exact) mass is 228 g/mol. The van der Waals surface area contributed by atoms with E-state index in [1.54, 1.807) is 0 Å². The second kappa shape index (κ2) is 4.06. The van der Waals surface area contributed by atoms with Crippen molar-refractivity contribution in [3.8, 4) is 0 Å². The quantitative estimate of drug-likeness (QED) is 0.825. The number of halogens is 1. The molecule has 0 saturated carbocycles. The van der Waals surface area contributed by atoms with Crippen molar-refractivity contribution in [1.29, 1.82) is 0 Å². The van der Waals surface area contributed by atoms with Crippen molar-refractivity contribution in [1.82, 2.24) is 0 Å². The number of aliphatic hydroxyl groups excluding tert-OH is 1. The summed E-state index contributed by atoms with van der Waals surface area (Å²) in [4.78, 5) is 0. The van der Waals surface area contributed by atoms with Crippen molar-refractivity contribution in [2.75, 3.05) is 0 Å².